The molecule has 1 saturated heterocycles. The molecule has 0 bridgehead atoms. The molecule has 3 N–H and O–H groups in total. The lowest BCUT2D eigenvalue weighted by molar-refractivity contribution is -0.110. The maximum atomic E-state index is 13.7. The molecule has 6 nitrogen and oxygen atoms in total. The minimum atomic E-state index is -0.376. The summed E-state index contributed by atoms with van der Waals surface area (Å²) in [6.07, 6.45) is 5.27. The molecule has 0 aromatic heterocycles. The van der Waals surface area contributed by atoms with Gasteiger partial charge in [-0.05, 0) is 101 Å². The lowest BCUT2D eigenvalue weighted by Gasteiger charge is -2.30. The van der Waals surface area contributed by atoms with E-state index in [1.54, 1.807) is 6.07 Å². The summed E-state index contributed by atoms with van der Waals surface area (Å²) >= 11 is 0. The molecule has 7 heteroatoms. The van der Waals surface area contributed by atoms with Gasteiger partial charge in [-0.1, -0.05) is 0 Å². The Morgan fingerprint density at radius 1 is 1.23 bits per heavy atom. The monoisotopic (exact) mass is 424 g/mol. The number of rotatable bonds is 3. The summed E-state index contributed by atoms with van der Waals surface area (Å²) in [5.41, 5.74) is 5.48. The number of benzene rings is 1. The number of hydrogen-bond donors (Lipinski definition) is 3. The molecule has 0 spiro atoms. The average molecular weight is 425 g/mol. The van der Waals surface area contributed by atoms with Crippen LogP contribution in [0.3, 0.4) is 0 Å². The Kier molecular flexibility index (Phi) is 5.96. The minimum Gasteiger partial charge on any atom is -0.335 e. The number of amides is 3. The van der Waals surface area contributed by atoms with Gasteiger partial charge in [-0.2, -0.15) is 0 Å². The zero-order chi connectivity index (χ0) is 22.1. The van der Waals surface area contributed by atoms with E-state index in [0.717, 1.165) is 61.2 Å². The highest BCUT2D eigenvalue weighted by Gasteiger charge is 2.26. The molecule has 31 heavy (non-hydrogen) atoms. The van der Waals surface area contributed by atoms with E-state index in [9.17, 15) is 14.0 Å². The van der Waals surface area contributed by atoms with Gasteiger partial charge in [0.2, 0.25) is 0 Å². The van der Waals surface area contributed by atoms with Crippen molar-refractivity contribution in [2.75, 3.05) is 25.5 Å². The van der Waals surface area contributed by atoms with Crippen molar-refractivity contribution in [3.63, 3.8) is 0 Å². The summed E-state index contributed by atoms with van der Waals surface area (Å²) < 4.78 is 13.7. The summed E-state index contributed by atoms with van der Waals surface area (Å²) in [7, 11) is 2.09. The fraction of sp³-hybridized carbons (Fsp3) is 0.417. The fourth-order valence-corrected chi connectivity index (χ4v) is 4.46. The highest BCUT2D eigenvalue weighted by atomic mass is 19.1. The second-order valence-electron chi connectivity index (χ2n) is 8.68. The van der Waals surface area contributed by atoms with E-state index in [1.807, 2.05) is 19.9 Å². The van der Waals surface area contributed by atoms with Gasteiger partial charge in [0.05, 0.1) is 0 Å². The number of nitrogens with one attached hydrogen (secondary N) is 3. The summed E-state index contributed by atoms with van der Waals surface area (Å²) in [5, 5.41) is 8.92. The highest BCUT2D eigenvalue weighted by molar-refractivity contribution is 6.31. The molecular weight excluding hydrogens is 395 g/mol. The van der Waals surface area contributed by atoms with Crippen LogP contribution in [0.25, 0.3) is 5.57 Å². The maximum absolute atomic E-state index is 13.7. The van der Waals surface area contributed by atoms with Crippen LogP contribution >= 0.6 is 0 Å². The molecule has 1 fully saturated rings. The summed E-state index contributed by atoms with van der Waals surface area (Å²) in [6.45, 7) is 5.94. The number of likely N-dealkylation sites (tertiary alicyclic amines) is 1. The van der Waals surface area contributed by atoms with Crippen molar-refractivity contribution in [2.24, 2.45) is 0 Å². The lowest BCUT2D eigenvalue weighted by Crippen LogP contribution is -2.47. The SMILES string of the molecule is CC1=C(NC(=O)NC2CCN(C)CC2)C(C)=C(/C=C2\C(=O)Nc3ccc(F)cc32)CC1. The lowest BCUT2D eigenvalue weighted by atomic mass is 9.89. The number of carbonyl (C=O) groups excluding carboxylic acids is 2. The minimum absolute atomic E-state index is 0.181. The van der Waals surface area contributed by atoms with E-state index in [2.05, 4.69) is 27.9 Å². The number of fused-ring (bicyclic) bond motifs is 1. The van der Waals surface area contributed by atoms with Crippen molar-refractivity contribution >= 4 is 23.2 Å². The van der Waals surface area contributed by atoms with Gasteiger partial charge < -0.3 is 20.9 Å². The van der Waals surface area contributed by atoms with Crippen LogP contribution in [0, 0.1) is 5.82 Å². The fourth-order valence-electron chi connectivity index (χ4n) is 4.46. The molecule has 1 aliphatic carbocycles. The van der Waals surface area contributed by atoms with Crippen molar-refractivity contribution in [2.45, 2.75) is 45.6 Å². The van der Waals surface area contributed by atoms with Crippen LogP contribution in [0.1, 0.15) is 45.1 Å². The third-order valence-corrected chi connectivity index (χ3v) is 6.43. The molecular formula is C24H29FN4O2. The zero-order valence-electron chi connectivity index (χ0n) is 18.3. The Labute approximate surface area is 182 Å². The standard InChI is InChI=1S/C24H29FN4O2/c1-14-4-5-16(12-20-19-13-17(25)6-7-21(19)27-23(20)30)15(2)22(14)28-24(31)26-18-8-10-29(3)11-9-18/h6-7,12-13,18H,4-5,8-11H2,1-3H3,(H,27,30)(H2,26,28,31)/b20-12-. The Balaban J connectivity index is 1.54. The number of hydrogen-bond acceptors (Lipinski definition) is 3. The van der Waals surface area contributed by atoms with Gasteiger partial charge in [-0.25, -0.2) is 9.18 Å². The van der Waals surface area contributed by atoms with Gasteiger partial charge >= 0.3 is 6.03 Å². The third kappa shape index (κ3) is 4.56. The first-order valence-corrected chi connectivity index (χ1v) is 10.8. The summed E-state index contributed by atoms with van der Waals surface area (Å²) in [5.74, 6) is -0.610. The first-order chi connectivity index (χ1) is 14.8. The van der Waals surface area contributed by atoms with Crippen LogP contribution in [0.2, 0.25) is 0 Å². The molecule has 3 amide bonds. The van der Waals surface area contributed by atoms with Crippen molar-refractivity contribution in [3.8, 4) is 0 Å². The molecule has 0 radical (unpaired) electrons. The zero-order valence-corrected chi connectivity index (χ0v) is 18.3. The van der Waals surface area contributed by atoms with Gasteiger partial charge in [0.25, 0.3) is 5.91 Å². The topological polar surface area (TPSA) is 73.5 Å². The highest BCUT2D eigenvalue weighted by Crippen LogP contribution is 2.36. The maximum Gasteiger partial charge on any atom is 0.319 e. The van der Waals surface area contributed by atoms with Crippen molar-refractivity contribution in [3.05, 3.63) is 58.1 Å². The number of urea groups is 1. The van der Waals surface area contributed by atoms with Crippen LogP contribution in [0.5, 0.6) is 0 Å². The molecule has 2 heterocycles. The van der Waals surface area contributed by atoms with E-state index in [4.69, 9.17) is 0 Å². The number of halogens is 1. The predicted octanol–water partition coefficient (Wildman–Crippen LogP) is 3.94. The number of piperidine rings is 1. The second kappa shape index (κ2) is 8.67. The van der Waals surface area contributed by atoms with Crippen LogP contribution in [-0.2, 0) is 4.79 Å². The van der Waals surface area contributed by atoms with Gasteiger partial charge in [0, 0.05) is 28.6 Å². The molecule has 164 valence electrons. The van der Waals surface area contributed by atoms with Gasteiger partial charge in [0.15, 0.2) is 0 Å². The molecule has 2 aliphatic heterocycles. The van der Waals surface area contributed by atoms with E-state index >= 15 is 0 Å². The van der Waals surface area contributed by atoms with E-state index < -0.39 is 0 Å². The number of carbonyl (C=O) groups is 2. The molecule has 1 aromatic carbocycles. The molecule has 1 aromatic rings. The molecule has 0 saturated carbocycles. The normalized spacial score (nSPS) is 21.4. The Morgan fingerprint density at radius 3 is 2.71 bits per heavy atom. The van der Waals surface area contributed by atoms with Crippen LogP contribution in [0.4, 0.5) is 14.9 Å². The van der Waals surface area contributed by atoms with E-state index in [1.165, 1.54) is 12.1 Å². The molecule has 3 aliphatic rings. The number of nitrogens with zero attached hydrogens (tertiary/aromatic N) is 1. The molecule has 4 rings (SSSR count). The van der Waals surface area contributed by atoms with Crippen molar-refractivity contribution in [1.29, 1.82) is 0 Å². The van der Waals surface area contributed by atoms with Crippen LogP contribution < -0.4 is 16.0 Å². The Morgan fingerprint density at radius 2 is 1.97 bits per heavy atom. The summed E-state index contributed by atoms with van der Waals surface area (Å²) in [6, 6.07) is 4.29. The second-order valence-corrected chi connectivity index (χ2v) is 8.68. The van der Waals surface area contributed by atoms with Crippen molar-refractivity contribution in [1.82, 2.24) is 15.5 Å². The van der Waals surface area contributed by atoms with E-state index in [0.29, 0.717) is 16.8 Å². The van der Waals surface area contributed by atoms with Crippen LogP contribution in [0.15, 0.2) is 46.7 Å². The molecule has 0 atom stereocenters. The predicted molar refractivity (Wildman–Crippen MR) is 120 cm³/mol. The largest absolute Gasteiger partial charge is 0.335 e. The quantitative estimate of drug-likeness (QED) is 0.644. The number of allylic oxidation sites excluding steroid dienone is 4. The van der Waals surface area contributed by atoms with Gasteiger partial charge in [-0.3, -0.25) is 4.79 Å². The third-order valence-electron chi connectivity index (χ3n) is 6.43. The molecule has 0 unspecified atom stereocenters. The number of anilines is 1. The first-order valence-electron chi connectivity index (χ1n) is 10.8. The van der Waals surface area contributed by atoms with Gasteiger partial charge in [-0.15, -0.1) is 0 Å². The average Bonchev–Trinajstić information content (AvgIpc) is 3.03. The van der Waals surface area contributed by atoms with Crippen LogP contribution in [-0.4, -0.2) is 43.0 Å². The summed E-state index contributed by atoms with van der Waals surface area (Å²) in [4.78, 5) is 27.4. The Hall–Kier alpha value is -2.93. The van der Waals surface area contributed by atoms with Crippen molar-refractivity contribution < 1.29 is 14.0 Å². The van der Waals surface area contributed by atoms with Gasteiger partial charge in [0.1, 0.15) is 5.82 Å². The Bertz CT molecular complexity index is 1020. The van der Waals surface area contributed by atoms with E-state index in [-0.39, 0.29) is 23.8 Å². The smallest absolute Gasteiger partial charge is 0.319 e. The first kappa shape index (κ1) is 21.3.